The summed E-state index contributed by atoms with van der Waals surface area (Å²) < 4.78 is 10.6. The number of hydrazine groups is 1. The number of aryl methyl sites for hydroxylation is 2. The molecule has 0 bridgehead atoms. The van der Waals surface area contributed by atoms with Gasteiger partial charge in [-0.25, -0.2) is 10.9 Å². The lowest BCUT2D eigenvalue weighted by atomic mass is 10.0. The molecule has 1 aromatic heterocycles. The standard InChI is InChI=1S/C22H26N6O3/c1-30-18-10-9-15(12-19(18)31-2)16-13-17(26-25-16)21(29)24-22-23-20(27-28-22)11-8-14-6-4-3-5-7-14/h3-7,9-10,12,16-17,25-26H,8,11,13H2,1-2H3,(H2,23,24,27,28,29). The maximum Gasteiger partial charge on any atom is 0.248 e. The molecule has 1 fully saturated rings. The molecule has 162 valence electrons. The van der Waals surface area contributed by atoms with Crippen LogP contribution in [0.1, 0.15) is 29.4 Å². The van der Waals surface area contributed by atoms with Gasteiger partial charge in [0.25, 0.3) is 0 Å². The lowest BCUT2D eigenvalue weighted by Gasteiger charge is -2.13. The Hall–Kier alpha value is -3.43. The number of aromatic nitrogens is 3. The van der Waals surface area contributed by atoms with Crippen molar-refractivity contribution in [1.82, 2.24) is 26.0 Å². The predicted molar refractivity (Wildman–Crippen MR) is 116 cm³/mol. The number of carbonyl (C=O) groups is 1. The first-order valence-corrected chi connectivity index (χ1v) is 10.2. The number of rotatable bonds is 8. The summed E-state index contributed by atoms with van der Waals surface area (Å²) in [6.07, 6.45) is 2.15. The highest BCUT2D eigenvalue weighted by molar-refractivity contribution is 5.93. The third-order valence-electron chi connectivity index (χ3n) is 5.29. The molecule has 1 aliphatic rings. The molecule has 2 atom stereocenters. The van der Waals surface area contributed by atoms with Gasteiger partial charge in [0.05, 0.1) is 14.2 Å². The second-order valence-corrected chi connectivity index (χ2v) is 7.32. The zero-order chi connectivity index (χ0) is 21.6. The number of H-pyrrole nitrogens is 1. The summed E-state index contributed by atoms with van der Waals surface area (Å²) in [5, 5.41) is 9.78. The lowest BCUT2D eigenvalue weighted by Crippen LogP contribution is -2.39. The summed E-state index contributed by atoms with van der Waals surface area (Å²) in [6.45, 7) is 0. The molecule has 9 heteroatoms. The topological polar surface area (TPSA) is 113 Å². The molecule has 2 unspecified atom stereocenters. The van der Waals surface area contributed by atoms with Crippen molar-refractivity contribution >= 4 is 11.9 Å². The summed E-state index contributed by atoms with van der Waals surface area (Å²) in [6, 6.07) is 15.4. The molecule has 2 aromatic carbocycles. The van der Waals surface area contributed by atoms with Crippen LogP contribution in [0.4, 0.5) is 5.95 Å². The molecule has 0 aliphatic carbocycles. The third kappa shape index (κ3) is 5.01. The number of hydrogen-bond acceptors (Lipinski definition) is 7. The fourth-order valence-corrected chi connectivity index (χ4v) is 3.58. The van der Waals surface area contributed by atoms with E-state index in [9.17, 15) is 4.79 Å². The maximum absolute atomic E-state index is 12.7. The Bertz CT molecular complexity index is 1020. The molecule has 9 nitrogen and oxygen atoms in total. The van der Waals surface area contributed by atoms with Gasteiger partial charge in [0.15, 0.2) is 11.5 Å². The highest BCUT2D eigenvalue weighted by atomic mass is 16.5. The molecule has 1 saturated heterocycles. The number of methoxy groups -OCH3 is 2. The summed E-state index contributed by atoms with van der Waals surface area (Å²) in [5.74, 6) is 2.14. The largest absolute Gasteiger partial charge is 0.493 e. The predicted octanol–water partition coefficient (Wildman–Crippen LogP) is 2.15. The van der Waals surface area contributed by atoms with Gasteiger partial charge < -0.3 is 9.47 Å². The highest BCUT2D eigenvalue weighted by Crippen LogP contribution is 2.32. The van der Waals surface area contributed by atoms with Crippen LogP contribution in [0.15, 0.2) is 48.5 Å². The Kier molecular flexibility index (Phi) is 6.44. The average molecular weight is 422 g/mol. The number of carbonyl (C=O) groups excluding carboxylic acids is 1. The Morgan fingerprint density at radius 3 is 2.65 bits per heavy atom. The van der Waals surface area contributed by atoms with Gasteiger partial charge >= 0.3 is 0 Å². The zero-order valence-electron chi connectivity index (χ0n) is 17.5. The second kappa shape index (κ2) is 9.59. The minimum absolute atomic E-state index is 0.0378. The first kappa shape index (κ1) is 20.8. The Morgan fingerprint density at radius 1 is 1.06 bits per heavy atom. The Morgan fingerprint density at radius 2 is 1.87 bits per heavy atom. The van der Waals surface area contributed by atoms with Gasteiger partial charge in [-0.2, -0.15) is 4.98 Å². The van der Waals surface area contributed by atoms with Crippen LogP contribution in [0, 0.1) is 0 Å². The molecule has 0 spiro atoms. The number of nitrogens with one attached hydrogen (secondary N) is 4. The Balaban J connectivity index is 1.31. The van der Waals surface area contributed by atoms with E-state index in [0.29, 0.717) is 17.9 Å². The SMILES string of the molecule is COc1ccc(C2CC(C(=O)Nc3n[nH]c(CCc4ccccc4)n3)NN2)cc1OC. The first-order chi connectivity index (χ1) is 15.2. The monoisotopic (exact) mass is 422 g/mol. The lowest BCUT2D eigenvalue weighted by molar-refractivity contribution is -0.117. The number of nitrogens with zero attached hydrogens (tertiary/aromatic N) is 2. The molecule has 0 saturated carbocycles. The van der Waals surface area contributed by atoms with E-state index >= 15 is 0 Å². The van der Waals surface area contributed by atoms with Crippen LogP contribution in [0.3, 0.4) is 0 Å². The molecule has 1 aliphatic heterocycles. The van der Waals surface area contributed by atoms with Crippen molar-refractivity contribution in [3.8, 4) is 11.5 Å². The van der Waals surface area contributed by atoms with Crippen molar-refractivity contribution < 1.29 is 14.3 Å². The van der Waals surface area contributed by atoms with E-state index in [2.05, 4.69) is 43.5 Å². The first-order valence-electron chi connectivity index (χ1n) is 10.2. The molecule has 2 heterocycles. The van der Waals surface area contributed by atoms with Crippen molar-refractivity contribution in [1.29, 1.82) is 0 Å². The molecule has 31 heavy (non-hydrogen) atoms. The van der Waals surface area contributed by atoms with Gasteiger partial charge in [0.1, 0.15) is 11.9 Å². The molecule has 0 radical (unpaired) electrons. The maximum atomic E-state index is 12.7. The summed E-state index contributed by atoms with van der Waals surface area (Å²) in [7, 11) is 3.20. The van der Waals surface area contributed by atoms with Crippen molar-refractivity contribution in [2.45, 2.75) is 31.3 Å². The van der Waals surface area contributed by atoms with E-state index in [4.69, 9.17) is 9.47 Å². The van der Waals surface area contributed by atoms with E-state index in [1.54, 1.807) is 14.2 Å². The van der Waals surface area contributed by atoms with Crippen LogP contribution in [0.25, 0.3) is 0 Å². The van der Waals surface area contributed by atoms with Crippen LogP contribution in [0.2, 0.25) is 0 Å². The van der Waals surface area contributed by atoms with E-state index in [0.717, 1.165) is 24.2 Å². The number of ether oxygens (including phenoxy) is 2. The third-order valence-corrected chi connectivity index (χ3v) is 5.29. The minimum atomic E-state index is -0.413. The van der Waals surface area contributed by atoms with Crippen molar-refractivity contribution in [3.05, 3.63) is 65.5 Å². The summed E-state index contributed by atoms with van der Waals surface area (Å²) in [4.78, 5) is 17.0. The molecule has 3 aromatic rings. The van der Waals surface area contributed by atoms with Crippen LogP contribution >= 0.6 is 0 Å². The number of amides is 1. The van der Waals surface area contributed by atoms with E-state index < -0.39 is 6.04 Å². The van der Waals surface area contributed by atoms with E-state index in [1.165, 1.54) is 5.56 Å². The average Bonchev–Trinajstić information content (AvgIpc) is 3.48. The number of hydrogen-bond donors (Lipinski definition) is 4. The van der Waals surface area contributed by atoms with Crippen molar-refractivity contribution in [2.75, 3.05) is 19.5 Å². The second-order valence-electron chi connectivity index (χ2n) is 7.32. The normalized spacial score (nSPS) is 18.0. The fourth-order valence-electron chi connectivity index (χ4n) is 3.58. The number of aromatic amines is 1. The smallest absolute Gasteiger partial charge is 0.248 e. The Labute approximate surface area is 180 Å². The van der Waals surface area contributed by atoms with Gasteiger partial charge in [0.2, 0.25) is 11.9 Å². The summed E-state index contributed by atoms with van der Waals surface area (Å²) in [5.41, 5.74) is 8.44. The molecule has 4 rings (SSSR count). The van der Waals surface area contributed by atoms with Crippen molar-refractivity contribution in [2.24, 2.45) is 0 Å². The van der Waals surface area contributed by atoms with Gasteiger partial charge in [-0.3, -0.25) is 15.2 Å². The van der Waals surface area contributed by atoms with Crippen molar-refractivity contribution in [3.63, 3.8) is 0 Å². The van der Waals surface area contributed by atoms with Crippen LogP contribution in [-0.4, -0.2) is 41.3 Å². The quantitative estimate of drug-likeness (QED) is 0.440. The van der Waals surface area contributed by atoms with Gasteiger partial charge in [-0.1, -0.05) is 36.4 Å². The fraction of sp³-hybridized carbons (Fsp3) is 0.318. The van der Waals surface area contributed by atoms with Crippen LogP contribution < -0.4 is 25.6 Å². The highest BCUT2D eigenvalue weighted by Gasteiger charge is 2.31. The van der Waals surface area contributed by atoms with Gasteiger partial charge in [-0.15, -0.1) is 5.10 Å². The van der Waals surface area contributed by atoms with Crippen LogP contribution in [0.5, 0.6) is 11.5 Å². The molecule has 4 N–H and O–H groups in total. The van der Waals surface area contributed by atoms with Gasteiger partial charge in [-0.05, 0) is 36.1 Å². The van der Waals surface area contributed by atoms with Gasteiger partial charge in [0, 0.05) is 12.5 Å². The number of benzene rings is 2. The molecule has 1 amide bonds. The van der Waals surface area contributed by atoms with E-state index in [-0.39, 0.29) is 17.9 Å². The minimum Gasteiger partial charge on any atom is -0.493 e. The zero-order valence-corrected chi connectivity index (χ0v) is 17.5. The molecular weight excluding hydrogens is 396 g/mol. The number of anilines is 1. The summed E-state index contributed by atoms with van der Waals surface area (Å²) >= 11 is 0. The van der Waals surface area contributed by atoms with E-state index in [1.807, 2.05) is 36.4 Å². The molecular formula is C22H26N6O3. The van der Waals surface area contributed by atoms with Crippen LogP contribution in [-0.2, 0) is 17.6 Å².